The lowest BCUT2D eigenvalue weighted by Crippen LogP contribution is -2.24. The van der Waals surface area contributed by atoms with Gasteiger partial charge in [0.15, 0.2) is 0 Å². The Morgan fingerprint density at radius 1 is 1.65 bits per heavy atom. The number of nitro groups is 1. The fourth-order valence-corrected chi connectivity index (χ4v) is 1.46. The van der Waals surface area contributed by atoms with Crippen molar-refractivity contribution in [2.75, 3.05) is 19.0 Å². The van der Waals surface area contributed by atoms with Crippen LogP contribution in [0.4, 0.5) is 11.5 Å². The van der Waals surface area contributed by atoms with Gasteiger partial charge in [0.05, 0.1) is 23.6 Å². The van der Waals surface area contributed by atoms with Gasteiger partial charge >= 0.3 is 0 Å². The standard InChI is InChI=1S/C11H17N3O3/c1-4-9(7-17-3)13-11-5-10(14(15)16)8(2)6-12-11/h5-6,9H,4,7H2,1-3H3,(H,12,13). The van der Waals surface area contributed by atoms with Gasteiger partial charge in [-0.25, -0.2) is 4.98 Å². The summed E-state index contributed by atoms with van der Waals surface area (Å²) in [6.45, 7) is 4.22. The maximum atomic E-state index is 10.8. The number of hydrogen-bond donors (Lipinski definition) is 1. The monoisotopic (exact) mass is 239 g/mol. The second kappa shape index (κ2) is 6.15. The smallest absolute Gasteiger partial charge is 0.277 e. The molecule has 0 saturated heterocycles. The normalized spacial score (nSPS) is 12.2. The van der Waals surface area contributed by atoms with Crippen LogP contribution in [0.25, 0.3) is 0 Å². The molecule has 0 aliphatic carbocycles. The van der Waals surface area contributed by atoms with Gasteiger partial charge in [0.2, 0.25) is 0 Å². The van der Waals surface area contributed by atoms with Gasteiger partial charge in [0.1, 0.15) is 5.82 Å². The van der Waals surface area contributed by atoms with Crippen LogP contribution < -0.4 is 5.32 Å². The molecule has 0 aliphatic rings. The Labute approximate surface area is 100 Å². The Morgan fingerprint density at radius 3 is 2.88 bits per heavy atom. The molecule has 0 fully saturated rings. The summed E-state index contributed by atoms with van der Waals surface area (Å²) in [5.74, 6) is 0.506. The molecule has 1 heterocycles. The predicted octanol–water partition coefficient (Wildman–Crippen LogP) is 2.14. The van der Waals surface area contributed by atoms with Gasteiger partial charge < -0.3 is 10.1 Å². The van der Waals surface area contributed by atoms with E-state index in [1.807, 2.05) is 6.92 Å². The molecule has 1 aromatic heterocycles. The number of pyridine rings is 1. The summed E-state index contributed by atoms with van der Waals surface area (Å²) in [6.07, 6.45) is 2.36. The lowest BCUT2D eigenvalue weighted by atomic mass is 10.2. The summed E-state index contributed by atoms with van der Waals surface area (Å²) >= 11 is 0. The molecular weight excluding hydrogens is 222 g/mol. The molecule has 94 valence electrons. The maximum Gasteiger partial charge on any atom is 0.277 e. The first kappa shape index (κ1) is 13.4. The van der Waals surface area contributed by atoms with Crippen molar-refractivity contribution in [2.24, 2.45) is 0 Å². The number of rotatable bonds is 6. The molecule has 0 aromatic carbocycles. The van der Waals surface area contributed by atoms with Crippen LogP contribution in [0.5, 0.6) is 0 Å². The third-order valence-electron chi connectivity index (χ3n) is 2.48. The molecule has 0 aliphatic heterocycles. The highest BCUT2D eigenvalue weighted by Gasteiger charge is 2.13. The van der Waals surface area contributed by atoms with Gasteiger partial charge in [-0.05, 0) is 13.3 Å². The van der Waals surface area contributed by atoms with E-state index in [-0.39, 0.29) is 11.7 Å². The van der Waals surface area contributed by atoms with Gasteiger partial charge in [-0.15, -0.1) is 0 Å². The predicted molar refractivity (Wildman–Crippen MR) is 65.2 cm³/mol. The van der Waals surface area contributed by atoms with Crippen molar-refractivity contribution < 1.29 is 9.66 Å². The first-order valence-electron chi connectivity index (χ1n) is 5.45. The number of ether oxygens (including phenoxy) is 1. The summed E-state index contributed by atoms with van der Waals surface area (Å²) in [7, 11) is 1.62. The second-order valence-electron chi connectivity index (χ2n) is 3.82. The topological polar surface area (TPSA) is 77.3 Å². The van der Waals surface area contributed by atoms with Gasteiger partial charge in [-0.3, -0.25) is 10.1 Å². The Morgan fingerprint density at radius 2 is 2.35 bits per heavy atom. The zero-order chi connectivity index (χ0) is 12.8. The largest absolute Gasteiger partial charge is 0.383 e. The van der Waals surface area contributed by atoms with Gasteiger partial charge in [-0.2, -0.15) is 0 Å². The van der Waals surface area contributed by atoms with Gasteiger partial charge in [-0.1, -0.05) is 6.92 Å². The fourth-order valence-electron chi connectivity index (χ4n) is 1.46. The van der Waals surface area contributed by atoms with E-state index in [9.17, 15) is 10.1 Å². The summed E-state index contributed by atoms with van der Waals surface area (Å²) in [4.78, 5) is 14.5. The van der Waals surface area contributed by atoms with Crippen molar-refractivity contribution in [2.45, 2.75) is 26.3 Å². The van der Waals surface area contributed by atoms with Crippen molar-refractivity contribution in [3.63, 3.8) is 0 Å². The zero-order valence-corrected chi connectivity index (χ0v) is 10.3. The molecule has 1 N–H and O–H groups in total. The van der Waals surface area contributed by atoms with E-state index in [0.717, 1.165) is 6.42 Å². The molecule has 1 atom stereocenters. The Balaban J connectivity index is 2.84. The number of hydrogen-bond acceptors (Lipinski definition) is 5. The summed E-state index contributed by atoms with van der Waals surface area (Å²) in [5, 5.41) is 13.9. The van der Waals surface area contributed by atoms with Crippen LogP contribution in [-0.4, -0.2) is 29.7 Å². The molecule has 1 unspecified atom stereocenters. The molecule has 0 bridgehead atoms. The lowest BCUT2D eigenvalue weighted by Gasteiger charge is -2.16. The van der Waals surface area contributed by atoms with Crippen LogP contribution in [0.3, 0.4) is 0 Å². The third-order valence-corrected chi connectivity index (χ3v) is 2.48. The molecule has 1 aromatic rings. The van der Waals surface area contributed by atoms with Gasteiger partial charge in [0, 0.05) is 18.9 Å². The van der Waals surface area contributed by atoms with Crippen LogP contribution in [0.2, 0.25) is 0 Å². The number of nitrogens with one attached hydrogen (secondary N) is 1. The molecular formula is C11H17N3O3. The van der Waals surface area contributed by atoms with Crippen molar-refractivity contribution in [1.82, 2.24) is 4.98 Å². The molecule has 17 heavy (non-hydrogen) atoms. The average Bonchev–Trinajstić information content (AvgIpc) is 2.30. The van der Waals surface area contributed by atoms with E-state index in [2.05, 4.69) is 10.3 Å². The minimum atomic E-state index is -0.403. The first-order chi connectivity index (χ1) is 8.08. The summed E-state index contributed by atoms with van der Waals surface area (Å²) in [5.41, 5.74) is 0.634. The summed E-state index contributed by atoms with van der Waals surface area (Å²) < 4.78 is 5.04. The Kier molecular flexibility index (Phi) is 4.84. The second-order valence-corrected chi connectivity index (χ2v) is 3.82. The number of anilines is 1. The van der Waals surface area contributed by atoms with Crippen LogP contribution in [0.15, 0.2) is 12.3 Å². The minimum absolute atomic E-state index is 0.0785. The van der Waals surface area contributed by atoms with Crippen LogP contribution in [-0.2, 0) is 4.74 Å². The zero-order valence-electron chi connectivity index (χ0n) is 10.3. The molecule has 0 spiro atoms. The first-order valence-corrected chi connectivity index (χ1v) is 5.45. The highest BCUT2D eigenvalue weighted by molar-refractivity contribution is 5.49. The highest BCUT2D eigenvalue weighted by atomic mass is 16.6. The molecule has 0 saturated carbocycles. The number of nitrogens with zero attached hydrogens (tertiary/aromatic N) is 2. The quantitative estimate of drug-likeness (QED) is 0.607. The van der Waals surface area contributed by atoms with Crippen LogP contribution >= 0.6 is 0 Å². The van der Waals surface area contributed by atoms with E-state index >= 15 is 0 Å². The summed E-state index contributed by atoms with van der Waals surface area (Å²) in [6, 6.07) is 1.56. The number of aryl methyl sites for hydroxylation is 1. The van der Waals surface area contributed by atoms with E-state index in [4.69, 9.17) is 4.74 Å². The minimum Gasteiger partial charge on any atom is -0.383 e. The van der Waals surface area contributed by atoms with E-state index in [0.29, 0.717) is 18.0 Å². The lowest BCUT2D eigenvalue weighted by molar-refractivity contribution is -0.385. The molecule has 0 radical (unpaired) electrons. The average molecular weight is 239 g/mol. The SMILES string of the molecule is CCC(COC)Nc1cc([N+](=O)[O-])c(C)cn1. The molecule has 1 rings (SSSR count). The fraction of sp³-hybridized carbons (Fsp3) is 0.545. The number of aromatic nitrogens is 1. The Bertz CT molecular complexity index is 396. The van der Waals surface area contributed by atoms with Crippen LogP contribution in [0, 0.1) is 17.0 Å². The van der Waals surface area contributed by atoms with E-state index in [1.165, 1.54) is 12.3 Å². The molecule has 6 heteroatoms. The highest BCUT2D eigenvalue weighted by Crippen LogP contribution is 2.20. The number of methoxy groups -OCH3 is 1. The molecule has 6 nitrogen and oxygen atoms in total. The van der Waals surface area contributed by atoms with E-state index < -0.39 is 4.92 Å². The van der Waals surface area contributed by atoms with Crippen molar-refractivity contribution in [1.29, 1.82) is 0 Å². The van der Waals surface area contributed by atoms with Gasteiger partial charge in [0.25, 0.3) is 5.69 Å². The van der Waals surface area contributed by atoms with Crippen LogP contribution in [0.1, 0.15) is 18.9 Å². The van der Waals surface area contributed by atoms with E-state index in [1.54, 1.807) is 14.0 Å². The van der Waals surface area contributed by atoms with Crippen molar-refractivity contribution in [3.05, 3.63) is 27.9 Å². The maximum absolute atomic E-state index is 10.8. The molecule has 0 amide bonds. The Hall–Kier alpha value is -1.69. The third kappa shape index (κ3) is 3.67. The van der Waals surface area contributed by atoms with Crippen molar-refractivity contribution in [3.8, 4) is 0 Å². The van der Waals surface area contributed by atoms with Crippen molar-refractivity contribution >= 4 is 11.5 Å².